The molecule has 24 heavy (non-hydrogen) atoms. The van der Waals surface area contributed by atoms with Gasteiger partial charge in [0.15, 0.2) is 0 Å². The Kier molecular flexibility index (Phi) is 6.13. The van der Waals surface area contributed by atoms with E-state index in [-0.39, 0.29) is 16.4 Å². The smallest absolute Gasteiger partial charge is 0.326 e. The monoisotopic (exact) mass is 356 g/mol. The van der Waals surface area contributed by atoms with E-state index >= 15 is 0 Å². The minimum Gasteiger partial charge on any atom is -0.480 e. The van der Waals surface area contributed by atoms with Crippen LogP contribution in [-0.2, 0) is 14.8 Å². The molecule has 0 aliphatic heterocycles. The number of rotatable bonds is 6. The largest absolute Gasteiger partial charge is 0.480 e. The molecular weight excluding hydrogens is 332 g/mol. The minimum absolute atomic E-state index is 0.0348. The van der Waals surface area contributed by atoms with Crippen LogP contribution in [0.2, 0.25) is 0 Å². The second kappa shape index (κ2) is 7.31. The molecule has 0 bridgehead atoms. The number of sulfonamides is 1. The highest BCUT2D eigenvalue weighted by Gasteiger charge is 2.25. The van der Waals surface area contributed by atoms with Gasteiger partial charge in [0.2, 0.25) is 10.0 Å². The lowest BCUT2D eigenvalue weighted by Gasteiger charge is -2.20. The molecule has 0 radical (unpaired) electrons. The second-order valence-corrected chi connectivity index (χ2v) is 8.60. The lowest BCUT2D eigenvalue weighted by Crippen LogP contribution is -2.44. The number of carboxylic acids is 1. The van der Waals surface area contributed by atoms with E-state index in [1.807, 2.05) is 0 Å². The van der Waals surface area contributed by atoms with Gasteiger partial charge in [0, 0.05) is 11.1 Å². The third kappa shape index (κ3) is 5.61. The number of carboxylic acid groups (broad SMARTS) is 1. The van der Waals surface area contributed by atoms with Gasteiger partial charge in [0.25, 0.3) is 5.91 Å². The highest BCUT2D eigenvalue weighted by atomic mass is 32.2. The molecule has 134 valence electrons. The number of carbonyl (C=O) groups excluding carboxylic acids is 1. The maximum absolute atomic E-state index is 12.2. The van der Waals surface area contributed by atoms with Gasteiger partial charge < -0.3 is 10.4 Å². The highest BCUT2D eigenvalue weighted by Crippen LogP contribution is 2.14. The van der Waals surface area contributed by atoms with Gasteiger partial charge >= 0.3 is 5.97 Å². The fourth-order valence-corrected chi connectivity index (χ4v) is 3.40. The number of aliphatic carboxylic acids is 1. The topological polar surface area (TPSA) is 113 Å². The summed E-state index contributed by atoms with van der Waals surface area (Å²) in [5.41, 5.74) is -0.433. The van der Waals surface area contributed by atoms with Gasteiger partial charge in [-0.1, -0.05) is 13.8 Å². The molecule has 1 aromatic rings. The average Bonchev–Trinajstić information content (AvgIpc) is 2.41. The summed E-state index contributed by atoms with van der Waals surface area (Å²) < 4.78 is 26.9. The summed E-state index contributed by atoms with van der Waals surface area (Å²) in [5.74, 6) is -1.96. The summed E-state index contributed by atoms with van der Waals surface area (Å²) in [5, 5.41) is 11.5. The van der Waals surface area contributed by atoms with Crippen LogP contribution in [-0.4, -0.2) is 37.0 Å². The van der Waals surface area contributed by atoms with E-state index in [2.05, 4.69) is 10.0 Å². The molecule has 1 rings (SSSR count). The molecule has 1 atom stereocenters. The standard InChI is InChI=1S/C16H24N2O5S/c1-10(2)13(15(20)21)17-14(19)11-6-8-12(9-7-11)24(22,23)18-16(3,4)5/h6-10,13,18H,1-5H3,(H,17,19)(H,20,21)/t13-/m0/s1. The zero-order valence-corrected chi connectivity index (χ0v) is 15.3. The van der Waals surface area contributed by atoms with Gasteiger partial charge in [-0.05, 0) is 51.0 Å². The van der Waals surface area contributed by atoms with Crippen LogP contribution in [0.25, 0.3) is 0 Å². The van der Waals surface area contributed by atoms with Gasteiger partial charge in [-0.25, -0.2) is 17.9 Å². The van der Waals surface area contributed by atoms with E-state index in [1.54, 1.807) is 34.6 Å². The summed E-state index contributed by atoms with van der Waals surface area (Å²) in [7, 11) is -3.69. The summed E-state index contributed by atoms with van der Waals surface area (Å²) in [6.45, 7) is 8.55. The van der Waals surface area contributed by atoms with Crippen LogP contribution in [0.15, 0.2) is 29.2 Å². The highest BCUT2D eigenvalue weighted by molar-refractivity contribution is 7.89. The van der Waals surface area contributed by atoms with E-state index in [0.29, 0.717) is 0 Å². The fourth-order valence-electron chi connectivity index (χ4n) is 1.99. The molecular formula is C16H24N2O5S. The van der Waals surface area contributed by atoms with Gasteiger partial charge in [-0.3, -0.25) is 4.79 Å². The Balaban J connectivity index is 2.95. The Hall–Kier alpha value is -1.93. The van der Waals surface area contributed by atoms with E-state index in [0.717, 1.165) is 0 Å². The Morgan fingerprint density at radius 1 is 1.08 bits per heavy atom. The molecule has 0 unspecified atom stereocenters. The quantitative estimate of drug-likeness (QED) is 0.717. The predicted molar refractivity (Wildman–Crippen MR) is 90.2 cm³/mol. The van der Waals surface area contributed by atoms with Gasteiger partial charge in [-0.15, -0.1) is 0 Å². The van der Waals surface area contributed by atoms with Crippen LogP contribution in [0.5, 0.6) is 0 Å². The van der Waals surface area contributed by atoms with Crippen LogP contribution < -0.4 is 10.0 Å². The minimum atomic E-state index is -3.69. The number of carbonyl (C=O) groups is 2. The van der Waals surface area contributed by atoms with Crippen LogP contribution in [0.3, 0.4) is 0 Å². The third-order valence-corrected chi connectivity index (χ3v) is 4.86. The van der Waals surface area contributed by atoms with Crippen molar-refractivity contribution in [2.75, 3.05) is 0 Å². The number of hydrogen-bond acceptors (Lipinski definition) is 4. The lowest BCUT2D eigenvalue weighted by molar-refractivity contribution is -0.140. The van der Waals surface area contributed by atoms with Crippen molar-refractivity contribution in [3.05, 3.63) is 29.8 Å². The first kappa shape index (κ1) is 20.1. The van der Waals surface area contributed by atoms with E-state index in [1.165, 1.54) is 24.3 Å². The Labute approximate surface area is 142 Å². The number of hydrogen-bond donors (Lipinski definition) is 3. The zero-order chi connectivity index (χ0) is 18.7. The van der Waals surface area contributed by atoms with Gasteiger partial charge in [0.05, 0.1) is 4.90 Å². The van der Waals surface area contributed by atoms with Crippen molar-refractivity contribution < 1.29 is 23.1 Å². The first-order chi connectivity index (χ1) is 10.8. The summed E-state index contributed by atoms with van der Waals surface area (Å²) >= 11 is 0. The molecule has 0 aromatic heterocycles. The van der Waals surface area contributed by atoms with Gasteiger partial charge in [-0.2, -0.15) is 0 Å². The lowest BCUT2D eigenvalue weighted by atomic mass is 10.0. The van der Waals surface area contributed by atoms with Crippen LogP contribution in [0.4, 0.5) is 0 Å². The first-order valence-corrected chi connectivity index (χ1v) is 8.99. The van der Waals surface area contributed by atoms with E-state index in [9.17, 15) is 18.0 Å². The average molecular weight is 356 g/mol. The summed E-state index contributed by atoms with van der Waals surface area (Å²) in [4.78, 5) is 23.3. The molecule has 0 heterocycles. The maximum Gasteiger partial charge on any atom is 0.326 e. The Morgan fingerprint density at radius 3 is 1.96 bits per heavy atom. The molecule has 0 spiro atoms. The first-order valence-electron chi connectivity index (χ1n) is 7.51. The molecule has 0 aliphatic carbocycles. The van der Waals surface area contributed by atoms with Crippen LogP contribution in [0.1, 0.15) is 45.0 Å². The number of nitrogens with one attached hydrogen (secondary N) is 2. The normalized spacial score (nSPS) is 13.6. The van der Waals surface area contributed by atoms with Crippen molar-refractivity contribution in [3.63, 3.8) is 0 Å². The molecule has 7 nitrogen and oxygen atoms in total. The van der Waals surface area contributed by atoms with Gasteiger partial charge in [0.1, 0.15) is 6.04 Å². The molecule has 3 N–H and O–H groups in total. The molecule has 1 amide bonds. The van der Waals surface area contributed by atoms with Crippen molar-refractivity contribution in [1.82, 2.24) is 10.0 Å². The Morgan fingerprint density at radius 2 is 1.58 bits per heavy atom. The fraction of sp³-hybridized carbons (Fsp3) is 0.500. The second-order valence-electron chi connectivity index (χ2n) is 6.91. The summed E-state index contributed by atoms with van der Waals surface area (Å²) in [6.07, 6.45) is 0. The third-order valence-electron chi connectivity index (χ3n) is 3.09. The Bertz CT molecular complexity index is 703. The molecule has 8 heteroatoms. The van der Waals surface area contributed by atoms with E-state index in [4.69, 9.17) is 5.11 Å². The molecule has 0 aliphatic rings. The summed E-state index contributed by atoms with van der Waals surface area (Å²) in [6, 6.07) is 4.32. The van der Waals surface area contributed by atoms with Crippen molar-refractivity contribution in [3.8, 4) is 0 Å². The zero-order valence-electron chi connectivity index (χ0n) is 14.5. The SMILES string of the molecule is CC(C)[C@H](NC(=O)c1ccc(S(=O)(=O)NC(C)(C)C)cc1)C(=O)O. The van der Waals surface area contributed by atoms with Crippen molar-refractivity contribution in [2.45, 2.75) is 51.1 Å². The maximum atomic E-state index is 12.2. The van der Waals surface area contributed by atoms with Crippen molar-refractivity contribution in [2.24, 2.45) is 5.92 Å². The molecule has 1 aromatic carbocycles. The van der Waals surface area contributed by atoms with Crippen LogP contribution in [0, 0.1) is 5.92 Å². The number of amides is 1. The number of benzene rings is 1. The van der Waals surface area contributed by atoms with E-state index < -0.39 is 33.5 Å². The van der Waals surface area contributed by atoms with Crippen molar-refractivity contribution in [1.29, 1.82) is 0 Å². The van der Waals surface area contributed by atoms with Crippen molar-refractivity contribution >= 4 is 21.9 Å². The van der Waals surface area contributed by atoms with Crippen LogP contribution >= 0.6 is 0 Å². The molecule has 0 saturated carbocycles. The molecule has 0 fully saturated rings. The molecule has 0 saturated heterocycles. The predicted octanol–water partition coefficient (Wildman–Crippen LogP) is 1.60.